The summed E-state index contributed by atoms with van der Waals surface area (Å²) in [5.74, 6) is -1.38. The molecule has 154 valence electrons. The summed E-state index contributed by atoms with van der Waals surface area (Å²) in [6, 6.07) is 6.84. The molecule has 1 aliphatic heterocycles. The van der Waals surface area contributed by atoms with E-state index in [0.29, 0.717) is 28.8 Å². The number of ether oxygens (including phenoxy) is 2. The molecule has 0 saturated heterocycles. The summed E-state index contributed by atoms with van der Waals surface area (Å²) in [5, 5.41) is 3.30. The van der Waals surface area contributed by atoms with Gasteiger partial charge < -0.3 is 14.8 Å². The first-order valence-corrected chi connectivity index (χ1v) is 9.78. The Bertz CT molecular complexity index is 921. The van der Waals surface area contributed by atoms with Crippen LogP contribution in [0.15, 0.2) is 46.8 Å². The number of esters is 2. The van der Waals surface area contributed by atoms with Crippen molar-refractivity contribution in [3.8, 4) is 0 Å². The van der Waals surface area contributed by atoms with Gasteiger partial charge in [-0.05, 0) is 43.4 Å². The van der Waals surface area contributed by atoms with Crippen LogP contribution in [0.4, 0.5) is 0 Å². The van der Waals surface area contributed by atoms with Gasteiger partial charge in [0.1, 0.15) is 0 Å². The van der Waals surface area contributed by atoms with E-state index in [1.165, 1.54) is 7.11 Å². The number of allylic oxidation sites excluding steroid dienone is 3. The molecule has 1 heterocycles. The Morgan fingerprint density at radius 1 is 1.14 bits per heavy atom. The predicted octanol–water partition coefficient (Wildman–Crippen LogP) is 3.64. The second-order valence-corrected chi connectivity index (χ2v) is 8.26. The molecule has 0 unspecified atom stereocenters. The number of benzene rings is 1. The van der Waals surface area contributed by atoms with Gasteiger partial charge in [0.05, 0.1) is 24.9 Å². The molecular formula is C23H27NO5. The maximum Gasteiger partial charge on any atom is 0.337 e. The van der Waals surface area contributed by atoms with Crippen LogP contribution in [0.5, 0.6) is 0 Å². The highest BCUT2D eigenvalue weighted by molar-refractivity contribution is 6.04. The minimum atomic E-state index is -0.527. The summed E-state index contributed by atoms with van der Waals surface area (Å²) < 4.78 is 10.1. The molecule has 0 aromatic heterocycles. The van der Waals surface area contributed by atoms with Crippen LogP contribution in [-0.4, -0.2) is 31.4 Å². The lowest BCUT2D eigenvalue weighted by Gasteiger charge is -2.39. The number of carbonyl (C=O) groups is 3. The molecular weight excluding hydrogens is 370 g/mol. The van der Waals surface area contributed by atoms with Crippen molar-refractivity contribution >= 4 is 17.7 Å². The Morgan fingerprint density at radius 2 is 1.79 bits per heavy atom. The van der Waals surface area contributed by atoms with E-state index in [1.54, 1.807) is 31.2 Å². The van der Waals surface area contributed by atoms with Gasteiger partial charge in [-0.2, -0.15) is 0 Å². The van der Waals surface area contributed by atoms with Gasteiger partial charge >= 0.3 is 11.9 Å². The average molecular weight is 397 g/mol. The standard InChI is InChI=1S/C23H27NO5/c1-6-29-22(27)18-13(2)24-16-11-23(3,4)12-17(25)20(16)19(18)14-7-9-15(10-8-14)21(26)28-5/h7-10,19,24H,6,11-12H2,1-5H3/t19-/m1/s1. The maximum atomic E-state index is 13.1. The van der Waals surface area contributed by atoms with E-state index in [-0.39, 0.29) is 17.8 Å². The van der Waals surface area contributed by atoms with Crippen molar-refractivity contribution < 1.29 is 23.9 Å². The summed E-state index contributed by atoms with van der Waals surface area (Å²) in [6.45, 7) is 7.96. The molecule has 1 aliphatic carbocycles. The molecule has 0 amide bonds. The Balaban J connectivity index is 2.13. The highest BCUT2D eigenvalue weighted by Crippen LogP contribution is 2.46. The number of dihydropyridines is 1. The molecule has 1 N–H and O–H groups in total. The van der Waals surface area contributed by atoms with E-state index in [0.717, 1.165) is 17.7 Å². The van der Waals surface area contributed by atoms with Crippen LogP contribution in [0.2, 0.25) is 0 Å². The van der Waals surface area contributed by atoms with Crippen molar-refractivity contribution in [3.63, 3.8) is 0 Å². The second-order valence-electron chi connectivity index (χ2n) is 8.26. The molecule has 0 saturated carbocycles. The van der Waals surface area contributed by atoms with Crippen LogP contribution in [-0.2, 0) is 19.1 Å². The van der Waals surface area contributed by atoms with Crippen LogP contribution in [0.25, 0.3) is 0 Å². The second kappa shape index (κ2) is 7.85. The van der Waals surface area contributed by atoms with E-state index >= 15 is 0 Å². The summed E-state index contributed by atoms with van der Waals surface area (Å²) in [4.78, 5) is 37.7. The van der Waals surface area contributed by atoms with Crippen LogP contribution >= 0.6 is 0 Å². The highest BCUT2D eigenvalue weighted by atomic mass is 16.5. The molecule has 2 aliphatic rings. The Morgan fingerprint density at radius 3 is 2.38 bits per heavy atom. The minimum Gasteiger partial charge on any atom is -0.465 e. The molecule has 1 atom stereocenters. The molecule has 0 spiro atoms. The summed E-state index contributed by atoms with van der Waals surface area (Å²) >= 11 is 0. The fraction of sp³-hybridized carbons (Fsp3) is 0.435. The normalized spacial score (nSPS) is 20.7. The van der Waals surface area contributed by atoms with Crippen molar-refractivity contribution in [1.29, 1.82) is 0 Å². The molecule has 6 nitrogen and oxygen atoms in total. The number of methoxy groups -OCH3 is 1. The van der Waals surface area contributed by atoms with Gasteiger partial charge in [-0.3, -0.25) is 4.79 Å². The lowest BCUT2D eigenvalue weighted by molar-refractivity contribution is -0.138. The van der Waals surface area contributed by atoms with Crippen LogP contribution in [0, 0.1) is 5.41 Å². The zero-order chi connectivity index (χ0) is 21.3. The first-order valence-electron chi connectivity index (χ1n) is 9.78. The number of hydrogen-bond donors (Lipinski definition) is 1. The zero-order valence-corrected chi connectivity index (χ0v) is 17.5. The van der Waals surface area contributed by atoms with Gasteiger partial charge in [0.2, 0.25) is 0 Å². The quantitative estimate of drug-likeness (QED) is 0.781. The largest absolute Gasteiger partial charge is 0.465 e. The van der Waals surface area contributed by atoms with Crippen molar-refractivity contribution in [3.05, 3.63) is 57.9 Å². The third-order valence-electron chi connectivity index (χ3n) is 5.40. The van der Waals surface area contributed by atoms with Gasteiger partial charge in [-0.15, -0.1) is 0 Å². The topological polar surface area (TPSA) is 81.7 Å². The van der Waals surface area contributed by atoms with E-state index < -0.39 is 17.9 Å². The fourth-order valence-corrected chi connectivity index (χ4v) is 4.18. The highest BCUT2D eigenvalue weighted by Gasteiger charge is 2.43. The molecule has 29 heavy (non-hydrogen) atoms. The lowest BCUT2D eigenvalue weighted by atomic mass is 9.68. The van der Waals surface area contributed by atoms with E-state index in [2.05, 4.69) is 19.2 Å². The third-order valence-corrected chi connectivity index (χ3v) is 5.40. The minimum absolute atomic E-state index is 0.0279. The Kier molecular flexibility index (Phi) is 5.64. The van der Waals surface area contributed by atoms with Crippen LogP contribution in [0.3, 0.4) is 0 Å². The van der Waals surface area contributed by atoms with Crippen LogP contribution < -0.4 is 5.32 Å². The molecule has 0 bridgehead atoms. The first-order chi connectivity index (χ1) is 13.7. The van der Waals surface area contributed by atoms with Crippen molar-refractivity contribution in [1.82, 2.24) is 5.32 Å². The van der Waals surface area contributed by atoms with Crippen molar-refractivity contribution in [2.75, 3.05) is 13.7 Å². The zero-order valence-electron chi connectivity index (χ0n) is 17.5. The fourth-order valence-electron chi connectivity index (χ4n) is 4.18. The lowest BCUT2D eigenvalue weighted by Crippen LogP contribution is -2.38. The number of rotatable bonds is 4. The Hall–Kier alpha value is -2.89. The summed E-state index contributed by atoms with van der Waals surface area (Å²) in [6.07, 6.45) is 1.14. The number of carbonyl (C=O) groups excluding carboxylic acids is 3. The molecule has 6 heteroatoms. The maximum absolute atomic E-state index is 13.1. The average Bonchev–Trinajstić information content (AvgIpc) is 2.65. The third kappa shape index (κ3) is 3.97. The van der Waals surface area contributed by atoms with Gasteiger partial charge in [0.15, 0.2) is 5.78 Å². The Labute approximate surface area is 171 Å². The molecule has 1 aromatic carbocycles. The molecule has 1 aromatic rings. The molecule has 3 rings (SSSR count). The van der Waals surface area contributed by atoms with Gasteiger partial charge in [-0.1, -0.05) is 26.0 Å². The van der Waals surface area contributed by atoms with E-state index in [4.69, 9.17) is 9.47 Å². The monoisotopic (exact) mass is 397 g/mol. The summed E-state index contributed by atoms with van der Waals surface area (Å²) in [5.41, 5.74) is 3.63. The number of Topliss-reactive ketones (excluding diaryl/α,β-unsaturated/α-hetero) is 1. The molecule has 0 radical (unpaired) electrons. The number of hydrogen-bond acceptors (Lipinski definition) is 6. The smallest absolute Gasteiger partial charge is 0.337 e. The SMILES string of the molecule is CCOC(=O)C1=C(C)NC2=C(C(=O)CC(C)(C)C2)[C@@H]1c1ccc(C(=O)OC)cc1. The van der Waals surface area contributed by atoms with Gasteiger partial charge in [-0.25, -0.2) is 9.59 Å². The van der Waals surface area contributed by atoms with Gasteiger partial charge in [0, 0.05) is 29.3 Å². The van der Waals surface area contributed by atoms with E-state index in [9.17, 15) is 14.4 Å². The van der Waals surface area contributed by atoms with E-state index in [1.807, 2.05) is 6.92 Å². The number of nitrogens with one attached hydrogen (secondary N) is 1. The van der Waals surface area contributed by atoms with Crippen molar-refractivity contribution in [2.45, 2.75) is 46.5 Å². The van der Waals surface area contributed by atoms with Crippen molar-refractivity contribution in [2.24, 2.45) is 5.41 Å². The van der Waals surface area contributed by atoms with Crippen LogP contribution in [0.1, 0.15) is 62.4 Å². The predicted molar refractivity (Wildman–Crippen MR) is 108 cm³/mol. The summed E-state index contributed by atoms with van der Waals surface area (Å²) in [7, 11) is 1.33. The first kappa shape index (κ1) is 20.8. The van der Waals surface area contributed by atoms with Gasteiger partial charge in [0.25, 0.3) is 0 Å². The molecule has 0 fully saturated rings. The number of ketones is 1.